The number of hydrogen-bond donors (Lipinski definition) is 0. The second-order valence-electron chi connectivity index (χ2n) is 3.32. The van der Waals surface area contributed by atoms with E-state index in [1.54, 1.807) is 6.08 Å². The largest absolute Gasteiger partial charge is 0.469 e. The second-order valence-corrected chi connectivity index (χ2v) is 3.32. The van der Waals surface area contributed by atoms with E-state index in [4.69, 9.17) is 0 Å². The molecule has 0 spiro atoms. The highest BCUT2D eigenvalue weighted by Crippen LogP contribution is 2.12. The van der Waals surface area contributed by atoms with Crippen LogP contribution in [0.4, 0.5) is 0 Å². The number of benzene rings is 1. The Hall–Kier alpha value is -2.10. The van der Waals surface area contributed by atoms with Crippen LogP contribution in [0.5, 0.6) is 0 Å². The zero-order valence-corrected chi connectivity index (χ0v) is 9.80. The molecule has 0 amide bonds. The molecule has 0 atom stereocenters. The summed E-state index contributed by atoms with van der Waals surface area (Å²) < 4.78 is 9.14. The van der Waals surface area contributed by atoms with E-state index in [0.29, 0.717) is 0 Å². The fourth-order valence-electron chi connectivity index (χ4n) is 1.29. The smallest absolute Gasteiger partial charge is 0.334 e. The predicted octanol–water partition coefficient (Wildman–Crippen LogP) is 1.81. The van der Waals surface area contributed by atoms with Gasteiger partial charge < -0.3 is 9.47 Å². The fourth-order valence-corrected chi connectivity index (χ4v) is 1.29. The SMILES string of the molecule is COC(=O)C/C(=C/c1ccccc1)C(=O)OC. The minimum absolute atomic E-state index is 0.0991. The van der Waals surface area contributed by atoms with Crippen LogP contribution in [0.1, 0.15) is 12.0 Å². The van der Waals surface area contributed by atoms with Crippen molar-refractivity contribution in [3.05, 3.63) is 41.5 Å². The Balaban J connectivity index is 2.94. The Morgan fingerprint density at radius 2 is 1.76 bits per heavy atom. The maximum absolute atomic E-state index is 11.5. The highest BCUT2D eigenvalue weighted by atomic mass is 16.5. The van der Waals surface area contributed by atoms with Gasteiger partial charge in [0.2, 0.25) is 0 Å². The highest BCUT2D eigenvalue weighted by molar-refractivity contribution is 5.98. The van der Waals surface area contributed by atoms with Crippen molar-refractivity contribution in [2.24, 2.45) is 0 Å². The maximum Gasteiger partial charge on any atom is 0.334 e. The molecule has 4 nitrogen and oxygen atoms in total. The quantitative estimate of drug-likeness (QED) is 0.589. The van der Waals surface area contributed by atoms with Crippen molar-refractivity contribution >= 4 is 18.0 Å². The van der Waals surface area contributed by atoms with Gasteiger partial charge in [0.05, 0.1) is 20.6 Å². The molecule has 0 aliphatic heterocycles. The van der Waals surface area contributed by atoms with Crippen molar-refractivity contribution in [1.82, 2.24) is 0 Å². The normalized spacial score (nSPS) is 10.8. The summed E-state index contributed by atoms with van der Waals surface area (Å²) in [5.41, 5.74) is 1.10. The van der Waals surface area contributed by atoms with Gasteiger partial charge in [-0.2, -0.15) is 0 Å². The lowest BCUT2D eigenvalue weighted by molar-refractivity contribution is -0.143. The van der Waals surface area contributed by atoms with Crippen LogP contribution in [-0.4, -0.2) is 26.2 Å². The molecule has 1 rings (SSSR count). The minimum atomic E-state index is -0.528. The van der Waals surface area contributed by atoms with Gasteiger partial charge in [0.15, 0.2) is 0 Å². The molecule has 1 aromatic carbocycles. The molecule has 0 N–H and O–H groups in total. The number of methoxy groups -OCH3 is 2. The molecular weight excluding hydrogens is 220 g/mol. The van der Waals surface area contributed by atoms with E-state index in [-0.39, 0.29) is 12.0 Å². The molecule has 0 aromatic heterocycles. The van der Waals surface area contributed by atoms with E-state index >= 15 is 0 Å². The van der Waals surface area contributed by atoms with Gasteiger partial charge in [-0.3, -0.25) is 4.79 Å². The molecule has 0 bridgehead atoms. The molecule has 0 radical (unpaired) electrons. The van der Waals surface area contributed by atoms with Crippen molar-refractivity contribution < 1.29 is 19.1 Å². The summed E-state index contributed by atoms with van der Waals surface area (Å²) in [4.78, 5) is 22.6. The topological polar surface area (TPSA) is 52.6 Å². The molecule has 0 aliphatic rings. The summed E-state index contributed by atoms with van der Waals surface area (Å²) in [6.07, 6.45) is 1.51. The van der Waals surface area contributed by atoms with Crippen LogP contribution < -0.4 is 0 Å². The minimum Gasteiger partial charge on any atom is -0.469 e. The molecule has 0 fully saturated rings. The van der Waals surface area contributed by atoms with Gasteiger partial charge in [-0.1, -0.05) is 30.3 Å². The van der Waals surface area contributed by atoms with Gasteiger partial charge in [0.25, 0.3) is 0 Å². The number of hydrogen-bond acceptors (Lipinski definition) is 4. The highest BCUT2D eigenvalue weighted by Gasteiger charge is 2.14. The van der Waals surface area contributed by atoms with Gasteiger partial charge in [-0.05, 0) is 11.6 Å². The maximum atomic E-state index is 11.5. The van der Waals surface area contributed by atoms with Gasteiger partial charge >= 0.3 is 11.9 Å². The first kappa shape index (κ1) is 13.0. The lowest BCUT2D eigenvalue weighted by Gasteiger charge is -2.04. The van der Waals surface area contributed by atoms with Gasteiger partial charge in [0, 0.05) is 5.57 Å². The third-order valence-electron chi connectivity index (χ3n) is 2.15. The van der Waals surface area contributed by atoms with E-state index in [9.17, 15) is 9.59 Å². The van der Waals surface area contributed by atoms with Crippen molar-refractivity contribution in [3.63, 3.8) is 0 Å². The third kappa shape index (κ3) is 4.10. The third-order valence-corrected chi connectivity index (χ3v) is 2.15. The average molecular weight is 234 g/mol. The molecule has 0 unspecified atom stereocenters. The molecule has 4 heteroatoms. The first-order chi connectivity index (χ1) is 8.17. The second kappa shape index (κ2) is 6.48. The fraction of sp³-hybridized carbons (Fsp3) is 0.231. The van der Waals surface area contributed by atoms with Crippen molar-refractivity contribution in [1.29, 1.82) is 0 Å². The standard InChI is InChI=1S/C13H14O4/c1-16-12(14)9-11(13(15)17-2)8-10-6-4-3-5-7-10/h3-8H,9H2,1-2H3/b11-8-. The van der Waals surface area contributed by atoms with Crippen LogP contribution >= 0.6 is 0 Å². The Morgan fingerprint density at radius 1 is 1.12 bits per heavy atom. The first-order valence-electron chi connectivity index (χ1n) is 5.08. The Kier molecular flexibility index (Phi) is 4.94. The summed E-state index contributed by atoms with van der Waals surface area (Å²) in [7, 11) is 2.55. The number of ether oxygens (including phenoxy) is 2. The van der Waals surface area contributed by atoms with E-state index in [0.717, 1.165) is 5.56 Å². The summed E-state index contributed by atoms with van der Waals surface area (Å²) in [6, 6.07) is 9.23. The Bertz CT molecular complexity index is 420. The first-order valence-corrected chi connectivity index (χ1v) is 5.08. The van der Waals surface area contributed by atoms with Crippen LogP contribution in [-0.2, 0) is 19.1 Å². The molecule has 0 saturated heterocycles. The van der Waals surface area contributed by atoms with Crippen molar-refractivity contribution in [2.45, 2.75) is 6.42 Å². The lowest BCUT2D eigenvalue weighted by atomic mass is 10.1. The molecule has 0 heterocycles. The number of rotatable bonds is 4. The van der Waals surface area contributed by atoms with Gasteiger partial charge in [-0.15, -0.1) is 0 Å². The molecule has 90 valence electrons. The summed E-state index contributed by atoms with van der Waals surface area (Å²) in [5.74, 6) is -1.00. The van der Waals surface area contributed by atoms with Gasteiger partial charge in [-0.25, -0.2) is 4.79 Å². The predicted molar refractivity (Wildman–Crippen MR) is 63.1 cm³/mol. The van der Waals surface area contributed by atoms with Crippen molar-refractivity contribution in [3.8, 4) is 0 Å². The number of carbonyl (C=O) groups is 2. The summed E-state index contributed by atoms with van der Waals surface area (Å²) in [5, 5.41) is 0. The van der Waals surface area contributed by atoms with Crippen molar-refractivity contribution in [2.75, 3.05) is 14.2 Å². The molecule has 1 aromatic rings. The number of carbonyl (C=O) groups excluding carboxylic acids is 2. The lowest BCUT2D eigenvalue weighted by Crippen LogP contribution is -2.10. The summed E-state index contributed by atoms with van der Waals surface area (Å²) in [6.45, 7) is 0. The monoisotopic (exact) mass is 234 g/mol. The number of esters is 2. The molecular formula is C13H14O4. The van der Waals surface area contributed by atoms with E-state index in [1.807, 2.05) is 30.3 Å². The van der Waals surface area contributed by atoms with Crippen LogP contribution in [0, 0.1) is 0 Å². The molecule has 0 aliphatic carbocycles. The van der Waals surface area contributed by atoms with Crippen LogP contribution in [0.3, 0.4) is 0 Å². The Labute approximate surface area is 99.8 Å². The average Bonchev–Trinajstić information content (AvgIpc) is 2.38. The zero-order valence-electron chi connectivity index (χ0n) is 9.80. The van der Waals surface area contributed by atoms with E-state index in [1.165, 1.54) is 14.2 Å². The molecule has 17 heavy (non-hydrogen) atoms. The molecule has 0 saturated carbocycles. The van der Waals surface area contributed by atoms with E-state index < -0.39 is 11.9 Å². The van der Waals surface area contributed by atoms with E-state index in [2.05, 4.69) is 9.47 Å². The van der Waals surface area contributed by atoms with Gasteiger partial charge in [0.1, 0.15) is 0 Å². The Morgan fingerprint density at radius 3 is 2.29 bits per heavy atom. The zero-order chi connectivity index (χ0) is 12.7. The van der Waals surface area contributed by atoms with Crippen LogP contribution in [0.2, 0.25) is 0 Å². The van der Waals surface area contributed by atoms with Crippen LogP contribution in [0.15, 0.2) is 35.9 Å². The van der Waals surface area contributed by atoms with Crippen LogP contribution in [0.25, 0.3) is 6.08 Å². The summed E-state index contributed by atoms with van der Waals surface area (Å²) >= 11 is 0.